The van der Waals surface area contributed by atoms with Crippen molar-refractivity contribution in [2.75, 3.05) is 7.11 Å². The molecule has 1 N–H and O–H groups in total. The average molecular weight is 183 g/mol. The van der Waals surface area contributed by atoms with Crippen LogP contribution in [0.15, 0.2) is 11.8 Å². The van der Waals surface area contributed by atoms with Gasteiger partial charge in [0.05, 0.1) is 12.8 Å². The molecule has 0 aromatic carbocycles. The highest BCUT2D eigenvalue weighted by Gasteiger charge is 2.42. The van der Waals surface area contributed by atoms with Gasteiger partial charge in [-0.15, -0.1) is 0 Å². The van der Waals surface area contributed by atoms with E-state index in [0.29, 0.717) is 0 Å². The summed E-state index contributed by atoms with van der Waals surface area (Å²) in [5.41, 5.74) is 0.153. The molecule has 1 aliphatic heterocycles. The second-order valence-corrected chi connectivity index (χ2v) is 2.51. The van der Waals surface area contributed by atoms with Gasteiger partial charge in [0.1, 0.15) is 0 Å². The molecule has 1 unspecified atom stereocenters. The first-order chi connectivity index (χ1) is 6.11. The number of carbonyl (C=O) groups is 3. The molecule has 1 amide bonds. The smallest absolute Gasteiger partial charge is 0.326 e. The van der Waals surface area contributed by atoms with Crippen LogP contribution in [0.1, 0.15) is 6.92 Å². The molecule has 1 aliphatic rings. The normalized spacial score (nSPS) is 24.8. The van der Waals surface area contributed by atoms with E-state index in [1.807, 2.05) is 0 Å². The van der Waals surface area contributed by atoms with Crippen LogP contribution < -0.4 is 5.32 Å². The van der Waals surface area contributed by atoms with Gasteiger partial charge in [-0.25, -0.2) is 0 Å². The number of carbonyl (C=O) groups excluding carboxylic acids is 3. The van der Waals surface area contributed by atoms with E-state index in [1.165, 1.54) is 6.08 Å². The minimum atomic E-state index is -1.32. The van der Waals surface area contributed by atoms with Crippen molar-refractivity contribution in [2.24, 2.45) is 5.92 Å². The first-order valence-corrected chi connectivity index (χ1v) is 3.71. The fourth-order valence-corrected chi connectivity index (χ4v) is 1.09. The maximum absolute atomic E-state index is 11.3. The highest BCUT2D eigenvalue weighted by Crippen LogP contribution is 2.15. The minimum absolute atomic E-state index is 0.153. The van der Waals surface area contributed by atoms with Gasteiger partial charge in [-0.1, -0.05) is 6.08 Å². The lowest BCUT2D eigenvalue weighted by Crippen LogP contribution is -2.28. The van der Waals surface area contributed by atoms with Crippen molar-refractivity contribution in [3.63, 3.8) is 0 Å². The molecule has 1 atom stereocenters. The SMILES string of the molecule is C/C=C1/NC(=O)C(C(=O)OC)C1=O. The van der Waals surface area contributed by atoms with Crippen molar-refractivity contribution in [3.05, 3.63) is 11.8 Å². The van der Waals surface area contributed by atoms with Crippen LogP contribution >= 0.6 is 0 Å². The summed E-state index contributed by atoms with van der Waals surface area (Å²) in [6, 6.07) is 0. The highest BCUT2D eigenvalue weighted by atomic mass is 16.5. The number of nitrogens with one attached hydrogen (secondary N) is 1. The molecule has 1 rings (SSSR count). The first kappa shape index (κ1) is 9.44. The van der Waals surface area contributed by atoms with Crippen molar-refractivity contribution in [3.8, 4) is 0 Å². The summed E-state index contributed by atoms with van der Waals surface area (Å²) < 4.78 is 4.32. The topological polar surface area (TPSA) is 72.5 Å². The lowest BCUT2D eigenvalue weighted by molar-refractivity contribution is -0.150. The number of allylic oxidation sites excluding steroid dienone is 2. The second kappa shape index (κ2) is 3.38. The van der Waals surface area contributed by atoms with Crippen LogP contribution in [0.3, 0.4) is 0 Å². The Morgan fingerprint density at radius 3 is 2.54 bits per heavy atom. The number of esters is 1. The maximum atomic E-state index is 11.3. The van der Waals surface area contributed by atoms with Crippen LogP contribution in [0.2, 0.25) is 0 Å². The molecule has 0 spiro atoms. The number of methoxy groups -OCH3 is 1. The lowest BCUT2D eigenvalue weighted by Gasteiger charge is -2.00. The maximum Gasteiger partial charge on any atom is 0.326 e. The van der Waals surface area contributed by atoms with Crippen molar-refractivity contribution in [1.29, 1.82) is 0 Å². The van der Waals surface area contributed by atoms with Crippen molar-refractivity contribution >= 4 is 17.7 Å². The van der Waals surface area contributed by atoms with E-state index in [9.17, 15) is 14.4 Å². The monoisotopic (exact) mass is 183 g/mol. The predicted octanol–water partition coefficient (Wildman–Crippen LogP) is -0.622. The van der Waals surface area contributed by atoms with Crippen LogP contribution in [-0.4, -0.2) is 24.8 Å². The first-order valence-electron chi connectivity index (χ1n) is 3.71. The van der Waals surface area contributed by atoms with Gasteiger partial charge in [0.15, 0.2) is 5.92 Å². The van der Waals surface area contributed by atoms with Crippen LogP contribution in [0.25, 0.3) is 0 Å². The molecule has 1 heterocycles. The Morgan fingerprint density at radius 2 is 2.15 bits per heavy atom. The Balaban J connectivity index is 2.95. The van der Waals surface area contributed by atoms with Gasteiger partial charge in [0.25, 0.3) is 0 Å². The fourth-order valence-electron chi connectivity index (χ4n) is 1.09. The van der Waals surface area contributed by atoms with Crippen molar-refractivity contribution < 1.29 is 19.1 Å². The van der Waals surface area contributed by atoms with Crippen molar-refractivity contribution in [2.45, 2.75) is 6.92 Å². The number of Topliss-reactive ketones (excluding diaryl/α,β-unsaturated/α-hetero) is 1. The molecule has 1 saturated heterocycles. The molecular weight excluding hydrogens is 174 g/mol. The Kier molecular flexibility index (Phi) is 2.46. The molecule has 0 aliphatic carbocycles. The Hall–Kier alpha value is -1.65. The summed E-state index contributed by atoms with van der Waals surface area (Å²) in [7, 11) is 1.14. The molecule has 0 radical (unpaired) electrons. The van der Waals surface area contributed by atoms with E-state index in [2.05, 4.69) is 10.1 Å². The van der Waals surface area contributed by atoms with Crippen LogP contribution in [0, 0.1) is 5.92 Å². The number of ether oxygens (including phenoxy) is 1. The second-order valence-electron chi connectivity index (χ2n) is 2.51. The van der Waals surface area contributed by atoms with Gasteiger partial charge in [-0.05, 0) is 6.92 Å². The average Bonchev–Trinajstić information content (AvgIpc) is 2.40. The quantitative estimate of drug-likeness (QED) is 0.334. The highest BCUT2D eigenvalue weighted by molar-refractivity contribution is 6.27. The van der Waals surface area contributed by atoms with E-state index in [0.717, 1.165) is 7.11 Å². The third-order valence-corrected chi connectivity index (χ3v) is 1.77. The number of hydrogen-bond acceptors (Lipinski definition) is 4. The molecule has 0 bridgehead atoms. The molecule has 13 heavy (non-hydrogen) atoms. The van der Waals surface area contributed by atoms with Gasteiger partial charge in [-0.2, -0.15) is 0 Å². The predicted molar refractivity (Wildman–Crippen MR) is 42.4 cm³/mol. The zero-order valence-electron chi connectivity index (χ0n) is 7.29. The minimum Gasteiger partial charge on any atom is -0.468 e. The van der Waals surface area contributed by atoms with E-state index in [-0.39, 0.29) is 5.70 Å². The van der Waals surface area contributed by atoms with Gasteiger partial charge < -0.3 is 10.1 Å². The van der Waals surface area contributed by atoms with E-state index < -0.39 is 23.6 Å². The number of amides is 1. The summed E-state index contributed by atoms with van der Waals surface area (Å²) in [5.74, 6) is -3.29. The van der Waals surface area contributed by atoms with Crippen LogP contribution in [0.5, 0.6) is 0 Å². The molecule has 0 aromatic heterocycles. The largest absolute Gasteiger partial charge is 0.468 e. The molecule has 0 saturated carbocycles. The van der Waals surface area contributed by atoms with Crippen LogP contribution in [0.4, 0.5) is 0 Å². The van der Waals surface area contributed by atoms with E-state index >= 15 is 0 Å². The summed E-state index contributed by atoms with van der Waals surface area (Å²) in [6.07, 6.45) is 1.45. The number of hydrogen-bond donors (Lipinski definition) is 1. The molecule has 1 fully saturated rings. The summed E-state index contributed by atoms with van der Waals surface area (Å²) >= 11 is 0. The van der Waals surface area contributed by atoms with E-state index in [1.54, 1.807) is 6.92 Å². The van der Waals surface area contributed by atoms with Crippen LogP contribution in [-0.2, 0) is 19.1 Å². The Bertz CT molecular complexity index is 305. The zero-order valence-corrected chi connectivity index (χ0v) is 7.29. The van der Waals surface area contributed by atoms with Gasteiger partial charge >= 0.3 is 5.97 Å². The number of rotatable bonds is 1. The third kappa shape index (κ3) is 1.44. The van der Waals surface area contributed by atoms with Gasteiger partial charge in [0.2, 0.25) is 11.7 Å². The fraction of sp³-hybridized carbons (Fsp3) is 0.375. The molecule has 5 heteroatoms. The molecule has 70 valence electrons. The molecule has 0 aromatic rings. The Labute approximate surface area is 74.7 Å². The van der Waals surface area contributed by atoms with Gasteiger partial charge in [0, 0.05) is 0 Å². The van der Waals surface area contributed by atoms with E-state index in [4.69, 9.17) is 0 Å². The van der Waals surface area contributed by atoms with Gasteiger partial charge in [-0.3, -0.25) is 14.4 Å². The Morgan fingerprint density at radius 1 is 1.54 bits per heavy atom. The summed E-state index contributed by atoms with van der Waals surface area (Å²) in [5, 5.41) is 2.29. The van der Waals surface area contributed by atoms with Crippen molar-refractivity contribution in [1.82, 2.24) is 5.32 Å². The summed E-state index contributed by atoms with van der Waals surface area (Å²) in [6.45, 7) is 1.60. The number of ketones is 1. The molecular formula is C8H9NO4. The lowest BCUT2D eigenvalue weighted by atomic mass is 10.1. The third-order valence-electron chi connectivity index (χ3n) is 1.77. The molecule has 5 nitrogen and oxygen atoms in total. The summed E-state index contributed by atoms with van der Waals surface area (Å²) in [4.78, 5) is 33.3. The zero-order chi connectivity index (χ0) is 10.0. The standard InChI is InChI=1S/C8H9NO4/c1-3-4-6(10)5(7(11)9-4)8(12)13-2/h3,5H,1-2H3,(H,9,11)/b4-3+.